The molecule has 2 rings (SSSR count). The molecule has 1 saturated heterocycles. The summed E-state index contributed by atoms with van der Waals surface area (Å²) in [4.78, 5) is 2.35. The van der Waals surface area contributed by atoms with Gasteiger partial charge in [-0.2, -0.15) is 5.10 Å². The summed E-state index contributed by atoms with van der Waals surface area (Å²) in [6, 6.07) is 2.76. The number of rotatable bonds is 4. The fourth-order valence-corrected chi connectivity index (χ4v) is 2.34. The molecule has 1 aromatic heterocycles. The zero-order valence-electron chi connectivity index (χ0n) is 10.3. The van der Waals surface area contributed by atoms with Gasteiger partial charge in [-0.15, -0.1) is 0 Å². The molecule has 4 nitrogen and oxygen atoms in total. The van der Waals surface area contributed by atoms with Crippen molar-refractivity contribution in [2.45, 2.75) is 31.8 Å². The Morgan fingerprint density at radius 1 is 1.56 bits per heavy atom. The second kappa shape index (κ2) is 5.46. The van der Waals surface area contributed by atoms with Crippen molar-refractivity contribution in [3.8, 4) is 0 Å². The summed E-state index contributed by atoms with van der Waals surface area (Å²) in [5.41, 5.74) is 1.15. The molecule has 4 heteroatoms. The van der Waals surface area contributed by atoms with E-state index in [0.717, 1.165) is 18.8 Å². The minimum atomic E-state index is 0.669. The molecule has 0 bridgehead atoms. The lowest BCUT2D eigenvalue weighted by Gasteiger charge is -2.27. The van der Waals surface area contributed by atoms with Crippen molar-refractivity contribution in [2.75, 3.05) is 20.1 Å². The maximum Gasteiger partial charge on any atom is 0.0764 e. The van der Waals surface area contributed by atoms with Crippen LogP contribution in [0.4, 0.5) is 0 Å². The molecule has 1 aromatic rings. The van der Waals surface area contributed by atoms with Crippen molar-refractivity contribution in [3.05, 3.63) is 18.0 Å². The molecule has 0 amide bonds. The van der Waals surface area contributed by atoms with Crippen molar-refractivity contribution in [1.29, 1.82) is 0 Å². The van der Waals surface area contributed by atoms with Crippen LogP contribution in [0.15, 0.2) is 12.3 Å². The Morgan fingerprint density at radius 2 is 2.44 bits per heavy atom. The number of piperidine rings is 1. The van der Waals surface area contributed by atoms with Crippen LogP contribution in [0.1, 0.15) is 25.0 Å². The Bertz CT molecular complexity index is 315. The Kier molecular flexibility index (Phi) is 3.96. The summed E-state index contributed by atoms with van der Waals surface area (Å²) in [6.45, 7) is 3.25. The molecular formula is C12H22N4. The molecule has 0 spiro atoms. The van der Waals surface area contributed by atoms with E-state index in [9.17, 15) is 0 Å². The van der Waals surface area contributed by atoms with Crippen LogP contribution in [0.2, 0.25) is 0 Å². The van der Waals surface area contributed by atoms with Crippen LogP contribution in [0.3, 0.4) is 0 Å². The van der Waals surface area contributed by atoms with Gasteiger partial charge in [0.15, 0.2) is 0 Å². The van der Waals surface area contributed by atoms with E-state index in [4.69, 9.17) is 0 Å². The molecule has 0 saturated carbocycles. The second-order valence-electron chi connectivity index (χ2n) is 4.82. The highest BCUT2D eigenvalue weighted by Gasteiger charge is 2.14. The quantitative estimate of drug-likeness (QED) is 0.825. The fraction of sp³-hybridized carbons (Fsp3) is 0.750. The molecule has 0 aromatic carbocycles. The topological polar surface area (TPSA) is 33.1 Å². The fourth-order valence-electron chi connectivity index (χ4n) is 2.34. The van der Waals surface area contributed by atoms with E-state index >= 15 is 0 Å². The van der Waals surface area contributed by atoms with Gasteiger partial charge >= 0.3 is 0 Å². The SMILES string of the molecule is CN(Cc1ccn(C)n1)CC1CCCCN1. The van der Waals surface area contributed by atoms with Crippen LogP contribution >= 0.6 is 0 Å². The first-order valence-corrected chi connectivity index (χ1v) is 6.14. The predicted molar refractivity (Wildman–Crippen MR) is 65.2 cm³/mol. The molecular weight excluding hydrogens is 200 g/mol. The highest BCUT2D eigenvalue weighted by atomic mass is 15.3. The number of likely N-dealkylation sites (N-methyl/N-ethyl adjacent to an activating group) is 1. The summed E-state index contributed by atoms with van der Waals surface area (Å²) in [6.07, 6.45) is 6.02. The summed E-state index contributed by atoms with van der Waals surface area (Å²) in [5, 5.41) is 7.97. The number of hydrogen-bond donors (Lipinski definition) is 1. The van der Waals surface area contributed by atoms with Crippen molar-refractivity contribution in [2.24, 2.45) is 7.05 Å². The largest absolute Gasteiger partial charge is 0.313 e. The molecule has 1 unspecified atom stereocenters. The molecule has 1 aliphatic rings. The first kappa shape index (κ1) is 11.6. The lowest BCUT2D eigenvalue weighted by Crippen LogP contribution is -2.42. The molecule has 1 atom stereocenters. The van der Waals surface area contributed by atoms with Crippen LogP contribution in [0.25, 0.3) is 0 Å². The van der Waals surface area contributed by atoms with Crippen LogP contribution < -0.4 is 5.32 Å². The average Bonchev–Trinajstić information content (AvgIpc) is 2.65. The standard InChI is InChI=1S/C12H22N4/c1-15(9-11-5-3-4-7-13-11)10-12-6-8-16(2)14-12/h6,8,11,13H,3-5,7,9-10H2,1-2H3. The minimum Gasteiger partial charge on any atom is -0.313 e. The summed E-state index contributed by atoms with van der Waals surface area (Å²) in [7, 11) is 4.14. The number of hydrogen-bond acceptors (Lipinski definition) is 3. The molecule has 0 aliphatic carbocycles. The van der Waals surface area contributed by atoms with E-state index in [0.29, 0.717) is 6.04 Å². The van der Waals surface area contributed by atoms with Gasteiger partial charge in [-0.25, -0.2) is 0 Å². The summed E-state index contributed by atoms with van der Waals surface area (Å²) < 4.78 is 1.86. The zero-order chi connectivity index (χ0) is 11.4. The monoisotopic (exact) mass is 222 g/mol. The van der Waals surface area contributed by atoms with Crippen molar-refractivity contribution in [3.63, 3.8) is 0 Å². The van der Waals surface area contributed by atoms with Gasteiger partial charge in [-0.1, -0.05) is 6.42 Å². The number of aryl methyl sites for hydroxylation is 1. The third-order valence-electron chi connectivity index (χ3n) is 3.15. The first-order chi connectivity index (χ1) is 7.74. The van der Waals surface area contributed by atoms with Crippen LogP contribution in [0.5, 0.6) is 0 Å². The Balaban J connectivity index is 1.77. The van der Waals surface area contributed by atoms with Gasteiger partial charge in [0, 0.05) is 32.4 Å². The van der Waals surface area contributed by atoms with Gasteiger partial charge in [0.1, 0.15) is 0 Å². The lowest BCUT2D eigenvalue weighted by molar-refractivity contribution is 0.254. The van der Waals surface area contributed by atoms with Gasteiger partial charge in [0.25, 0.3) is 0 Å². The van der Waals surface area contributed by atoms with Crippen molar-refractivity contribution in [1.82, 2.24) is 20.0 Å². The van der Waals surface area contributed by atoms with E-state index in [1.807, 2.05) is 17.9 Å². The lowest BCUT2D eigenvalue weighted by atomic mass is 10.0. The third-order valence-corrected chi connectivity index (χ3v) is 3.15. The summed E-state index contributed by atoms with van der Waals surface area (Å²) in [5.74, 6) is 0. The van der Waals surface area contributed by atoms with Crippen LogP contribution in [0, 0.1) is 0 Å². The average molecular weight is 222 g/mol. The molecule has 0 radical (unpaired) electrons. The van der Waals surface area contributed by atoms with Crippen LogP contribution in [-0.4, -0.2) is 40.9 Å². The second-order valence-corrected chi connectivity index (χ2v) is 4.82. The number of nitrogens with one attached hydrogen (secondary N) is 1. The number of nitrogens with zero attached hydrogens (tertiary/aromatic N) is 3. The molecule has 2 heterocycles. The maximum atomic E-state index is 4.40. The van der Waals surface area contributed by atoms with E-state index in [-0.39, 0.29) is 0 Å². The van der Waals surface area contributed by atoms with Crippen molar-refractivity contribution >= 4 is 0 Å². The van der Waals surface area contributed by atoms with Gasteiger partial charge in [0.05, 0.1) is 5.69 Å². The smallest absolute Gasteiger partial charge is 0.0764 e. The number of aromatic nitrogens is 2. The van der Waals surface area contributed by atoms with Crippen molar-refractivity contribution < 1.29 is 0 Å². The normalized spacial score (nSPS) is 21.6. The van der Waals surface area contributed by atoms with Gasteiger partial charge in [-0.3, -0.25) is 9.58 Å². The minimum absolute atomic E-state index is 0.669. The highest BCUT2D eigenvalue weighted by Crippen LogP contribution is 2.09. The Labute approximate surface area is 97.6 Å². The first-order valence-electron chi connectivity index (χ1n) is 6.14. The Hall–Kier alpha value is -0.870. The maximum absolute atomic E-state index is 4.40. The highest BCUT2D eigenvalue weighted by molar-refractivity contribution is 4.98. The molecule has 1 N–H and O–H groups in total. The van der Waals surface area contributed by atoms with Gasteiger partial charge < -0.3 is 5.32 Å². The predicted octanol–water partition coefficient (Wildman–Crippen LogP) is 0.994. The molecule has 1 fully saturated rings. The van der Waals surface area contributed by atoms with Gasteiger partial charge in [0.2, 0.25) is 0 Å². The molecule has 90 valence electrons. The van der Waals surface area contributed by atoms with E-state index in [1.165, 1.54) is 25.8 Å². The van der Waals surface area contributed by atoms with Crippen LogP contribution in [-0.2, 0) is 13.6 Å². The summed E-state index contributed by atoms with van der Waals surface area (Å²) >= 11 is 0. The van der Waals surface area contributed by atoms with E-state index in [2.05, 4.69) is 28.4 Å². The molecule has 16 heavy (non-hydrogen) atoms. The van der Waals surface area contributed by atoms with Gasteiger partial charge in [-0.05, 0) is 32.5 Å². The third kappa shape index (κ3) is 3.32. The Morgan fingerprint density at radius 3 is 3.06 bits per heavy atom. The van der Waals surface area contributed by atoms with E-state index < -0.39 is 0 Å². The molecule has 1 aliphatic heterocycles. The van der Waals surface area contributed by atoms with E-state index in [1.54, 1.807) is 0 Å². The zero-order valence-corrected chi connectivity index (χ0v) is 10.3.